The van der Waals surface area contributed by atoms with Crippen LogP contribution in [-0.4, -0.2) is 40.3 Å². The largest absolute Gasteiger partial charge is 0.416 e. The van der Waals surface area contributed by atoms with Crippen molar-refractivity contribution in [2.24, 2.45) is 4.99 Å². The fraction of sp³-hybridized carbons (Fsp3) is 0.182. The third-order valence-corrected chi connectivity index (χ3v) is 6.50. The molecule has 0 fully saturated rings. The minimum Gasteiger partial charge on any atom is -0.371 e. The van der Waals surface area contributed by atoms with E-state index >= 15 is 0 Å². The van der Waals surface area contributed by atoms with E-state index in [9.17, 15) is 26.0 Å². The van der Waals surface area contributed by atoms with Gasteiger partial charge in [0.25, 0.3) is 10.0 Å². The van der Waals surface area contributed by atoms with Crippen LogP contribution in [-0.2, 0) is 16.2 Å². The molecule has 0 radical (unpaired) electrons. The van der Waals surface area contributed by atoms with E-state index in [1.165, 1.54) is 23.2 Å². The monoisotopic (exact) mass is 529 g/mol. The molecule has 0 atom stereocenters. The molecule has 186 valence electrons. The molecule has 0 saturated carbocycles. The number of halogens is 5. The molecule has 0 saturated heterocycles. The number of likely N-dealkylation sites (N-methyl/N-ethyl adjacent to an activating group) is 1. The number of nitrogens with one attached hydrogen (secondary N) is 2. The van der Waals surface area contributed by atoms with E-state index in [0.717, 1.165) is 24.3 Å². The van der Waals surface area contributed by atoms with Gasteiger partial charge < -0.3 is 10.2 Å². The number of aromatic nitrogens is 1. The molecule has 3 aromatic rings. The molecule has 3 rings (SSSR count). The summed E-state index contributed by atoms with van der Waals surface area (Å²) in [5.41, 5.74) is -0.588. The Hall–Kier alpha value is -3.38. The Bertz CT molecular complexity index is 1320. The van der Waals surface area contributed by atoms with Crippen molar-refractivity contribution >= 4 is 51.2 Å². The third-order valence-electron chi connectivity index (χ3n) is 4.81. The van der Waals surface area contributed by atoms with Gasteiger partial charge in [-0.05, 0) is 43.1 Å². The minimum absolute atomic E-state index is 0.0170. The van der Waals surface area contributed by atoms with Crippen LogP contribution in [0.4, 0.5) is 40.4 Å². The van der Waals surface area contributed by atoms with Crippen molar-refractivity contribution in [1.29, 1.82) is 0 Å². The van der Waals surface area contributed by atoms with Gasteiger partial charge in [-0.2, -0.15) is 13.2 Å². The summed E-state index contributed by atoms with van der Waals surface area (Å²) in [6.07, 6.45) is -3.22. The second kappa shape index (κ2) is 10.5. The second-order valence-corrected chi connectivity index (χ2v) is 9.36. The predicted molar refractivity (Wildman–Crippen MR) is 129 cm³/mol. The molecular formula is C22H20ClF4N5O2S. The standard InChI is InChI=1S/C22H20ClF4N5O2S/c1-28-9-10-32(2)19-11-14(22(25,26)27)6-7-17(19)30-18-13-16(24)20(12-15(18)23)35(33,34)31-21-5-3-4-8-29-21/h3-8,11-13,30H,1,9-10H2,2H3,(H,29,31). The van der Waals surface area contributed by atoms with E-state index in [0.29, 0.717) is 0 Å². The van der Waals surface area contributed by atoms with Crippen LogP contribution in [0.2, 0.25) is 5.02 Å². The topological polar surface area (TPSA) is 86.7 Å². The summed E-state index contributed by atoms with van der Waals surface area (Å²) in [7, 11) is -2.80. The van der Waals surface area contributed by atoms with Crippen molar-refractivity contribution in [1.82, 2.24) is 4.98 Å². The van der Waals surface area contributed by atoms with Crippen LogP contribution in [0.15, 0.2) is 64.6 Å². The zero-order chi connectivity index (χ0) is 25.8. The maximum atomic E-state index is 14.9. The number of aliphatic imine (C=N–C) groups is 1. The Labute approximate surface area is 204 Å². The van der Waals surface area contributed by atoms with Crippen molar-refractivity contribution in [2.45, 2.75) is 11.1 Å². The van der Waals surface area contributed by atoms with Crippen LogP contribution < -0.4 is 14.9 Å². The molecule has 0 aliphatic rings. The molecule has 0 aliphatic carbocycles. The first-order valence-corrected chi connectivity index (χ1v) is 11.8. The van der Waals surface area contributed by atoms with Crippen molar-refractivity contribution < 1.29 is 26.0 Å². The van der Waals surface area contributed by atoms with E-state index in [-0.39, 0.29) is 41.0 Å². The highest BCUT2D eigenvalue weighted by Gasteiger charge is 2.31. The van der Waals surface area contributed by atoms with Crippen LogP contribution in [0.25, 0.3) is 0 Å². The SMILES string of the molecule is C=NCCN(C)c1cc(C(F)(F)F)ccc1Nc1cc(F)c(S(=O)(=O)Nc2ccccn2)cc1Cl. The van der Waals surface area contributed by atoms with Crippen LogP contribution in [0.5, 0.6) is 0 Å². The summed E-state index contributed by atoms with van der Waals surface area (Å²) in [5.74, 6) is -1.14. The zero-order valence-corrected chi connectivity index (χ0v) is 19.8. The van der Waals surface area contributed by atoms with E-state index < -0.39 is 32.5 Å². The average Bonchev–Trinajstić information content (AvgIpc) is 2.79. The highest BCUT2D eigenvalue weighted by Crippen LogP contribution is 2.38. The number of benzene rings is 2. The van der Waals surface area contributed by atoms with Gasteiger partial charge in [0.05, 0.1) is 34.2 Å². The number of pyridine rings is 1. The molecule has 2 N–H and O–H groups in total. The van der Waals surface area contributed by atoms with Crippen molar-refractivity contribution in [3.05, 3.63) is 71.1 Å². The maximum absolute atomic E-state index is 14.9. The molecule has 1 aromatic heterocycles. The number of alkyl halides is 3. The molecule has 0 amide bonds. The van der Waals surface area contributed by atoms with Gasteiger partial charge in [0, 0.05) is 25.9 Å². The van der Waals surface area contributed by atoms with Crippen molar-refractivity contribution in [3.8, 4) is 0 Å². The van der Waals surface area contributed by atoms with Gasteiger partial charge in [-0.15, -0.1) is 0 Å². The van der Waals surface area contributed by atoms with Gasteiger partial charge in [0.1, 0.15) is 16.5 Å². The van der Waals surface area contributed by atoms with Crippen LogP contribution in [0.3, 0.4) is 0 Å². The van der Waals surface area contributed by atoms with Crippen LogP contribution >= 0.6 is 11.6 Å². The predicted octanol–water partition coefficient (Wildman–Crippen LogP) is 5.57. The Morgan fingerprint density at radius 1 is 1.14 bits per heavy atom. The van der Waals surface area contributed by atoms with Crippen LogP contribution in [0.1, 0.15) is 5.56 Å². The highest BCUT2D eigenvalue weighted by atomic mass is 35.5. The lowest BCUT2D eigenvalue weighted by Crippen LogP contribution is -2.22. The van der Waals surface area contributed by atoms with Gasteiger partial charge in [0.15, 0.2) is 0 Å². The molecule has 7 nitrogen and oxygen atoms in total. The summed E-state index contributed by atoms with van der Waals surface area (Å²) < 4.78 is 82.1. The second-order valence-electron chi connectivity index (χ2n) is 7.31. The number of hydrogen-bond donors (Lipinski definition) is 2. The molecule has 0 aliphatic heterocycles. The van der Waals surface area contributed by atoms with Crippen LogP contribution in [0, 0.1) is 5.82 Å². The molecule has 13 heteroatoms. The lowest BCUT2D eigenvalue weighted by molar-refractivity contribution is -0.137. The lowest BCUT2D eigenvalue weighted by Gasteiger charge is -2.24. The van der Waals surface area contributed by atoms with Gasteiger partial charge in [-0.1, -0.05) is 17.7 Å². The molecule has 0 spiro atoms. The summed E-state index contributed by atoms with van der Waals surface area (Å²) >= 11 is 6.23. The molecule has 35 heavy (non-hydrogen) atoms. The average molecular weight is 530 g/mol. The highest BCUT2D eigenvalue weighted by molar-refractivity contribution is 7.92. The van der Waals surface area contributed by atoms with Gasteiger partial charge >= 0.3 is 6.18 Å². The van der Waals surface area contributed by atoms with Gasteiger partial charge in [-0.25, -0.2) is 17.8 Å². The Balaban J connectivity index is 1.97. The number of nitrogens with zero attached hydrogens (tertiary/aromatic N) is 3. The number of hydrogen-bond acceptors (Lipinski definition) is 6. The minimum atomic E-state index is -4.58. The molecule has 1 heterocycles. The molecule has 0 unspecified atom stereocenters. The quantitative estimate of drug-likeness (QED) is 0.279. The lowest BCUT2D eigenvalue weighted by atomic mass is 10.1. The Kier molecular flexibility index (Phi) is 7.86. The first-order chi connectivity index (χ1) is 16.4. The maximum Gasteiger partial charge on any atom is 0.416 e. The van der Waals surface area contributed by atoms with E-state index in [1.54, 1.807) is 19.2 Å². The van der Waals surface area contributed by atoms with Crippen molar-refractivity contribution in [2.75, 3.05) is 35.1 Å². The zero-order valence-electron chi connectivity index (χ0n) is 18.3. The van der Waals surface area contributed by atoms with Crippen molar-refractivity contribution in [3.63, 3.8) is 0 Å². The summed E-state index contributed by atoms with van der Waals surface area (Å²) in [4.78, 5) is 8.33. The van der Waals surface area contributed by atoms with E-state index in [2.05, 4.69) is 26.7 Å². The molecule has 0 bridgehead atoms. The fourth-order valence-corrected chi connectivity index (χ4v) is 4.43. The number of rotatable bonds is 9. The van der Waals surface area contributed by atoms with Gasteiger partial charge in [0.2, 0.25) is 0 Å². The number of anilines is 4. The number of sulfonamides is 1. The summed E-state index contributed by atoms with van der Waals surface area (Å²) in [6, 6.07) is 9.24. The first-order valence-electron chi connectivity index (χ1n) is 9.97. The van der Waals surface area contributed by atoms with Gasteiger partial charge in [-0.3, -0.25) is 9.71 Å². The molecule has 2 aromatic carbocycles. The first kappa shape index (κ1) is 26.2. The smallest absolute Gasteiger partial charge is 0.371 e. The normalized spacial score (nSPS) is 11.7. The molecular weight excluding hydrogens is 510 g/mol. The summed E-state index contributed by atoms with van der Waals surface area (Å²) in [5, 5.41) is 2.62. The van der Waals surface area contributed by atoms with E-state index in [4.69, 9.17) is 11.6 Å². The Morgan fingerprint density at radius 3 is 2.51 bits per heavy atom. The fourth-order valence-electron chi connectivity index (χ4n) is 3.06. The van der Waals surface area contributed by atoms with E-state index in [1.807, 2.05) is 0 Å². The third kappa shape index (κ3) is 6.40. The summed E-state index contributed by atoms with van der Waals surface area (Å²) in [6.45, 7) is 3.88. The Morgan fingerprint density at radius 2 is 1.89 bits per heavy atom.